The lowest BCUT2D eigenvalue weighted by Crippen LogP contribution is -2.19. The van der Waals surface area contributed by atoms with Crippen LogP contribution >= 0.6 is 11.6 Å². The quantitative estimate of drug-likeness (QED) is 0.681. The molecular formula is C19H20ClN5. The number of aryl methyl sites for hydroxylation is 1. The minimum Gasteiger partial charge on any atom is -0.393 e. The number of nitrogens with one attached hydrogen (secondary N) is 1. The Morgan fingerprint density at radius 2 is 1.88 bits per heavy atom. The van der Waals surface area contributed by atoms with Crippen molar-refractivity contribution in [1.29, 1.82) is 0 Å². The number of nitrogens with zero attached hydrogens (tertiary/aromatic N) is 3. The SMILES string of the molecule is CCN(c1ccccc1)c1ncnc(Nc2ccc(Cl)cc2C)c1N. The molecule has 0 unspecified atom stereocenters. The monoisotopic (exact) mass is 353 g/mol. The van der Waals surface area contributed by atoms with Crippen molar-refractivity contribution < 1.29 is 0 Å². The van der Waals surface area contributed by atoms with Crippen LogP contribution in [0, 0.1) is 6.92 Å². The Bertz CT molecular complexity index is 867. The van der Waals surface area contributed by atoms with Gasteiger partial charge in [-0.05, 0) is 49.7 Å². The molecule has 25 heavy (non-hydrogen) atoms. The van der Waals surface area contributed by atoms with Crippen molar-refractivity contribution in [2.45, 2.75) is 13.8 Å². The first-order valence-corrected chi connectivity index (χ1v) is 8.44. The minimum atomic E-state index is 0.502. The van der Waals surface area contributed by atoms with E-state index in [0.717, 1.165) is 23.5 Å². The van der Waals surface area contributed by atoms with E-state index in [4.69, 9.17) is 17.3 Å². The normalized spacial score (nSPS) is 10.5. The first-order valence-electron chi connectivity index (χ1n) is 8.06. The third kappa shape index (κ3) is 3.67. The number of hydrogen-bond acceptors (Lipinski definition) is 5. The molecule has 1 aromatic heterocycles. The summed E-state index contributed by atoms with van der Waals surface area (Å²) in [6.45, 7) is 4.78. The number of anilines is 5. The Balaban J connectivity index is 1.97. The molecule has 0 bridgehead atoms. The number of benzene rings is 2. The number of halogens is 1. The number of rotatable bonds is 5. The van der Waals surface area contributed by atoms with Gasteiger partial charge in [-0.1, -0.05) is 29.8 Å². The maximum absolute atomic E-state index is 6.37. The molecule has 0 aliphatic heterocycles. The maximum Gasteiger partial charge on any atom is 0.161 e. The van der Waals surface area contributed by atoms with E-state index in [1.807, 2.05) is 55.5 Å². The molecule has 3 aromatic rings. The summed E-state index contributed by atoms with van der Waals surface area (Å²) < 4.78 is 0. The molecule has 0 fully saturated rings. The van der Waals surface area contributed by atoms with Gasteiger partial charge in [-0.25, -0.2) is 9.97 Å². The largest absolute Gasteiger partial charge is 0.393 e. The summed E-state index contributed by atoms with van der Waals surface area (Å²) in [7, 11) is 0. The van der Waals surface area contributed by atoms with Crippen molar-refractivity contribution in [3.05, 3.63) is 65.4 Å². The van der Waals surface area contributed by atoms with Gasteiger partial charge >= 0.3 is 0 Å². The van der Waals surface area contributed by atoms with Gasteiger partial charge in [-0.2, -0.15) is 0 Å². The summed E-state index contributed by atoms with van der Waals surface area (Å²) in [6, 6.07) is 15.7. The lowest BCUT2D eigenvalue weighted by Gasteiger charge is -2.24. The molecule has 0 saturated heterocycles. The van der Waals surface area contributed by atoms with Crippen LogP contribution in [0.3, 0.4) is 0 Å². The highest BCUT2D eigenvalue weighted by Gasteiger charge is 2.16. The molecule has 0 aliphatic carbocycles. The second kappa shape index (κ2) is 7.40. The van der Waals surface area contributed by atoms with Crippen molar-refractivity contribution in [2.75, 3.05) is 22.5 Å². The van der Waals surface area contributed by atoms with E-state index in [9.17, 15) is 0 Å². The number of para-hydroxylation sites is 1. The van der Waals surface area contributed by atoms with E-state index in [0.29, 0.717) is 22.3 Å². The third-order valence-electron chi connectivity index (χ3n) is 3.94. The number of nitrogens with two attached hydrogens (primary N) is 1. The van der Waals surface area contributed by atoms with E-state index in [1.165, 1.54) is 6.33 Å². The standard InChI is InChI=1S/C19H20ClN5/c1-3-25(15-7-5-4-6-8-15)19-17(21)18(22-12-23-19)24-16-10-9-14(20)11-13(16)2/h4-12H,3,21H2,1-2H3,(H,22,23,24). The zero-order chi connectivity index (χ0) is 17.8. The highest BCUT2D eigenvalue weighted by atomic mass is 35.5. The van der Waals surface area contributed by atoms with Crippen LogP contribution in [0.2, 0.25) is 5.02 Å². The summed E-state index contributed by atoms with van der Waals surface area (Å²) in [6.07, 6.45) is 1.52. The molecule has 0 aliphatic rings. The average molecular weight is 354 g/mol. The topological polar surface area (TPSA) is 67.1 Å². The van der Waals surface area contributed by atoms with E-state index in [1.54, 1.807) is 0 Å². The maximum atomic E-state index is 6.37. The van der Waals surface area contributed by atoms with Crippen LogP contribution < -0.4 is 16.0 Å². The first-order chi connectivity index (χ1) is 12.1. The van der Waals surface area contributed by atoms with Gasteiger partial charge in [0.1, 0.15) is 12.0 Å². The van der Waals surface area contributed by atoms with Gasteiger partial charge in [0, 0.05) is 22.9 Å². The average Bonchev–Trinajstić information content (AvgIpc) is 2.62. The van der Waals surface area contributed by atoms with Crippen molar-refractivity contribution >= 4 is 40.3 Å². The van der Waals surface area contributed by atoms with Gasteiger partial charge in [0.05, 0.1) is 0 Å². The first kappa shape index (κ1) is 17.0. The van der Waals surface area contributed by atoms with E-state index < -0.39 is 0 Å². The van der Waals surface area contributed by atoms with Crippen LogP contribution in [0.1, 0.15) is 12.5 Å². The Morgan fingerprint density at radius 1 is 1.12 bits per heavy atom. The van der Waals surface area contributed by atoms with Crippen molar-refractivity contribution in [3.8, 4) is 0 Å². The van der Waals surface area contributed by atoms with Gasteiger partial charge in [0.25, 0.3) is 0 Å². The summed E-state index contributed by atoms with van der Waals surface area (Å²) in [5, 5.41) is 3.97. The number of hydrogen-bond donors (Lipinski definition) is 2. The molecule has 5 nitrogen and oxygen atoms in total. The molecule has 0 amide bonds. The van der Waals surface area contributed by atoms with Crippen molar-refractivity contribution in [2.24, 2.45) is 0 Å². The molecule has 128 valence electrons. The van der Waals surface area contributed by atoms with E-state index >= 15 is 0 Å². The molecule has 0 spiro atoms. The third-order valence-corrected chi connectivity index (χ3v) is 4.18. The summed E-state index contributed by atoms with van der Waals surface area (Å²) in [5.41, 5.74) is 9.83. The Hall–Kier alpha value is -2.79. The van der Waals surface area contributed by atoms with Crippen LogP contribution in [-0.2, 0) is 0 Å². The molecule has 3 N–H and O–H groups in total. The smallest absolute Gasteiger partial charge is 0.161 e. The van der Waals surface area contributed by atoms with E-state index in [-0.39, 0.29) is 0 Å². The summed E-state index contributed by atoms with van der Waals surface area (Å²) in [5.74, 6) is 1.25. The summed E-state index contributed by atoms with van der Waals surface area (Å²) in [4.78, 5) is 10.7. The number of nitrogen functional groups attached to an aromatic ring is 1. The van der Waals surface area contributed by atoms with Crippen LogP contribution in [0.15, 0.2) is 54.9 Å². The minimum absolute atomic E-state index is 0.502. The van der Waals surface area contributed by atoms with E-state index in [2.05, 4.69) is 27.1 Å². The Kier molecular flexibility index (Phi) is 5.05. The van der Waals surface area contributed by atoms with Gasteiger partial charge in [-0.15, -0.1) is 0 Å². The van der Waals surface area contributed by atoms with Crippen LogP contribution in [0.25, 0.3) is 0 Å². The highest BCUT2D eigenvalue weighted by Crippen LogP contribution is 2.33. The molecule has 0 radical (unpaired) electrons. The fourth-order valence-electron chi connectivity index (χ4n) is 2.66. The Morgan fingerprint density at radius 3 is 2.56 bits per heavy atom. The van der Waals surface area contributed by atoms with Crippen molar-refractivity contribution in [1.82, 2.24) is 9.97 Å². The van der Waals surface area contributed by atoms with Crippen LogP contribution in [-0.4, -0.2) is 16.5 Å². The van der Waals surface area contributed by atoms with Crippen LogP contribution in [0.4, 0.5) is 28.7 Å². The molecular weight excluding hydrogens is 334 g/mol. The molecule has 6 heteroatoms. The lowest BCUT2D eigenvalue weighted by atomic mass is 10.2. The van der Waals surface area contributed by atoms with Crippen molar-refractivity contribution in [3.63, 3.8) is 0 Å². The predicted octanol–water partition coefficient (Wildman–Crippen LogP) is 4.92. The molecule has 0 saturated carbocycles. The molecule has 3 rings (SSSR count). The molecule has 2 aromatic carbocycles. The fraction of sp³-hybridized carbons (Fsp3) is 0.158. The number of aromatic nitrogens is 2. The highest BCUT2D eigenvalue weighted by molar-refractivity contribution is 6.30. The Labute approximate surface area is 152 Å². The predicted molar refractivity (Wildman–Crippen MR) is 105 cm³/mol. The van der Waals surface area contributed by atoms with Gasteiger partial charge < -0.3 is 16.0 Å². The second-order valence-corrected chi connectivity index (χ2v) is 6.06. The van der Waals surface area contributed by atoms with Crippen LogP contribution in [0.5, 0.6) is 0 Å². The summed E-state index contributed by atoms with van der Waals surface area (Å²) >= 11 is 6.02. The lowest BCUT2D eigenvalue weighted by molar-refractivity contribution is 0.980. The van der Waals surface area contributed by atoms with Gasteiger partial charge in [0.15, 0.2) is 11.6 Å². The molecule has 1 heterocycles. The van der Waals surface area contributed by atoms with Gasteiger partial charge in [-0.3, -0.25) is 0 Å². The fourth-order valence-corrected chi connectivity index (χ4v) is 2.89. The zero-order valence-electron chi connectivity index (χ0n) is 14.2. The van der Waals surface area contributed by atoms with Gasteiger partial charge in [0.2, 0.25) is 0 Å². The second-order valence-electron chi connectivity index (χ2n) is 5.62. The molecule has 0 atom stereocenters. The zero-order valence-corrected chi connectivity index (χ0v) is 15.0.